The third kappa shape index (κ3) is 4.02. The maximum absolute atomic E-state index is 14.0. The number of carbonyl (C=O) groups is 1. The first-order valence-electron chi connectivity index (χ1n) is 10.2. The number of anilines is 1. The highest BCUT2D eigenvalue weighted by Gasteiger charge is 2.46. The lowest BCUT2D eigenvalue weighted by molar-refractivity contribution is -0.125. The molecule has 3 nitrogen and oxygen atoms in total. The van der Waals surface area contributed by atoms with Gasteiger partial charge in [0.1, 0.15) is 11.3 Å². The molecule has 1 N–H and O–H groups in total. The average molecular weight is 391 g/mol. The number of aromatic nitrogens is 1. The first-order chi connectivity index (χ1) is 13.8. The topological polar surface area (TPSA) is 42.0 Å². The van der Waals surface area contributed by atoms with Gasteiger partial charge in [-0.05, 0) is 55.2 Å². The second kappa shape index (κ2) is 7.25. The van der Waals surface area contributed by atoms with Crippen LogP contribution in [0.15, 0.2) is 54.7 Å². The molecule has 1 saturated carbocycles. The molecule has 1 aliphatic rings. The van der Waals surface area contributed by atoms with Crippen molar-refractivity contribution < 1.29 is 9.18 Å². The van der Waals surface area contributed by atoms with E-state index < -0.39 is 5.41 Å². The molecule has 0 bridgehead atoms. The number of para-hydroxylation sites is 1. The lowest BCUT2D eigenvalue weighted by Gasteiger charge is -2.31. The molecule has 1 amide bonds. The van der Waals surface area contributed by atoms with Gasteiger partial charge in [0.15, 0.2) is 0 Å². The van der Waals surface area contributed by atoms with Crippen molar-refractivity contribution in [3.8, 4) is 0 Å². The molecule has 1 heterocycles. The Morgan fingerprint density at radius 3 is 2.59 bits per heavy atom. The summed E-state index contributed by atoms with van der Waals surface area (Å²) in [5, 5.41) is 3.83. The predicted molar refractivity (Wildman–Crippen MR) is 115 cm³/mol. The Morgan fingerprint density at radius 1 is 1.17 bits per heavy atom. The van der Waals surface area contributed by atoms with Crippen LogP contribution < -0.4 is 5.32 Å². The van der Waals surface area contributed by atoms with E-state index in [1.807, 2.05) is 31.2 Å². The summed E-state index contributed by atoms with van der Waals surface area (Å²) in [6.07, 6.45) is 5.43. The lowest BCUT2D eigenvalue weighted by atomic mass is 9.74. The number of rotatable bonds is 6. The molecule has 0 saturated heterocycles. The van der Waals surface area contributed by atoms with Crippen LogP contribution in [0.2, 0.25) is 0 Å². The largest absolute Gasteiger partial charge is 0.324 e. The Bertz CT molecular complexity index is 1060. The number of carbonyl (C=O) groups excluding carboxylic acids is 1. The molecule has 2 aromatic carbocycles. The molecule has 1 fully saturated rings. The van der Waals surface area contributed by atoms with E-state index in [4.69, 9.17) is 0 Å². The highest BCUT2D eigenvalue weighted by molar-refractivity contribution is 5.98. The van der Waals surface area contributed by atoms with Gasteiger partial charge in [-0.3, -0.25) is 9.78 Å². The second-order valence-electron chi connectivity index (χ2n) is 9.10. The lowest BCUT2D eigenvalue weighted by Crippen LogP contribution is -2.37. The fraction of sp³-hybridized carbons (Fsp3) is 0.360. The Hall–Kier alpha value is -2.75. The predicted octanol–water partition coefficient (Wildman–Crippen LogP) is 6.06. The standard InChI is InChI=1S/C25H27FN2O/c1-17-19-10-7-11-20(26)22(19)27-15-21(17)28-23(29)25(3,16-24(2)12-13-24)14-18-8-5-4-6-9-18/h4-11,15H,12-14,16H2,1-3H3,(H,28,29). The number of amides is 1. The summed E-state index contributed by atoms with van der Waals surface area (Å²) < 4.78 is 14.0. The first-order valence-corrected chi connectivity index (χ1v) is 10.2. The van der Waals surface area contributed by atoms with Crippen molar-refractivity contribution in [2.24, 2.45) is 10.8 Å². The van der Waals surface area contributed by atoms with Gasteiger partial charge in [-0.25, -0.2) is 4.39 Å². The number of pyridine rings is 1. The van der Waals surface area contributed by atoms with E-state index >= 15 is 0 Å². The number of benzene rings is 2. The maximum atomic E-state index is 14.0. The summed E-state index contributed by atoms with van der Waals surface area (Å²) >= 11 is 0. The van der Waals surface area contributed by atoms with E-state index in [1.165, 1.54) is 18.9 Å². The van der Waals surface area contributed by atoms with Crippen LogP contribution in [-0.2, 0) is 11.2 Å². The van der Waals surface area contributed by atoms with Crippen molar-refractivity contribution in [3.05, 3.63) is 71.7 Å². The average Bonchev–Trinajstić information content (AvgIpc) is 3.41. The zero-order valence-corrected chi connectivity index (χ0v) is 17.3. The van der Waals surface area contributed by atoms with Crippen molar-refractivity contribution in [3.63, 3.8) is 0 Å². The van der Waals surface area contributed by atoms with Gasteiger partial charge in [0, 0.05) is 5.39 Å². The molecule has 0 spiro atoms. The molecule has 1 atom stereocenters. The highest BCUT2D eigenvalue weighted by Crippen LogP contribution is 2.53. The Balaban J connectivity index is 1.64. The van der Waals surface area contributed by atoms with Crippen LogP contribution >= 0.6 is 0 Å². The van der Waals surface area contributed by atoms with Crippen LogP contribution in [0.1, 0.15) is 44.2 Å². The highest BCUT2D eigenvalue weighted by atomic mass is 19.1. The maximum Gasteiger partial charge on any atom is 0.230 e. The van der Waals surface area contributed by atoms with Crippen molar-refractivity contribution in [2.75, 3.05) is 5.32 Å². The smallest absolute Gasteiger partial charge is 0.230 e. The molecule has 4 rings (SSSR count). The second-order valence-corrected chi connectivity index (χ2v) is 9.10. The Kier molecular flexibility index (Phi) is 4.89. The number of hydrogen-bond donors (Lipinski definition) is 1. The van der Waals surface area contributed by atoms with Gasteiger partial charge in [0.25, 0.3) is 0 Å². The van der Waals surface area contributed by atoms with E-state index in [0.29, 0.717) is 17.6 Å². The zero-order valence-electron chi connectivity index (χ0n) is 17.3. The summed E-state index contributed by atoms with van der Waals surface area (Å²) in [7, 11) is 0. The third-order valence-electron chi connectivity index (χ3n) is 6.27. The molecule has 0 radical (unpaired) electrons. The zero-order chi connectivity index (χ0) is 20.6. The summed E-state index contributed by atoms with van der Waals surface area (Å²) in [6, 6.07) is 15.1. The monoisotopic (exact) mass is 390 g/mol. The number of halogens is 1. The van der Waals surface area contributed by atoms with Crippen LogP contribution in [0.25, 0.3) is 10.9 Å². The normalized spacial score (nSPS) is 17.0. The van der Waals surface area contributed by atoms with Crippen molar-refractivity contribution in [1.82, 2.24) is 4.98 Å². The minimum absolute atomic E-state index is 0.00451. The Labute approximate surface area is 171 Å². The molecular formula is C25H27FN2O. The van der Waals surface area contributed by atoms with E-state index in [0.717, 1.165) is 22.9 Å². The molecule has 1 aliphatic carbocycles. The molecule has 29 heavy (non-hydrogen) atoms. The van der Waals surface area contributed by atoms with E-state index in [-0.39, 0.29) is 17.1 Å². The van der Waals surface area contributed by atoms with Gasteiger partial charge < -0.3 is 5.32 Å². The van der Waals surface area contributed by atoms with Gasteiger partial charge >= 0.3 is 0 Å². The molecule has 4 heteroatoms. The molecule has 1 unspecified atom stereocenters. The minimum atomic E-state index is -0.532. The minimum Gasteiger partial charge on any atom is -0.324 e. The summed E-state index contributed by atoms with van der Waals surface area (Å²) in [5.74, 6) is -0.353. The van der Waals surface area contributed by atoms with Gasteiger partial charge in [0.2, 0.25) is 5.91 Å². The molecular weight excluding hydrogens is 363 g/mol. The summed E-state index contributed by atoms with van der Waals surface area (Å²) in [4.78, 5) is 17.7. The third-order valence-corrected chi connectivity index (χ3v) is 6.27. The molecule has 0 aliphatic heterocycles. The van der Waals surface area contributed by atoms with E-state index in [1.54, 1.807) is 12.3 Å². The van der Waals surface area contributed by atoms with Crippen LogP contribution in [-0.4, -0.2) is 10.9 Å². The number of nitrogens with one attached hydrogen (secondary N) is 1. The molecule has 3 aromatic rings. The fourth-order valence-electron chi connectivity index (χ4n) is 4.32. The number of aryl methyl sites for hydroxylation is 1. The van der Waals surface area contributed by atoms with Crippen LogP contribution in [0.3, 0.4) is 0 Å². The first kappa shape index (κ1) is 19.6. The number of hydrogen-bond acceptors (Lipinski definition) is 2. The Morgan fingerprint density at radius 2 is 1.90 bits per heavy atom. The fourth-order valence-corrected chi connectivity index (χ4v) is 4.32. The number of fused-ring (bicyclic) bond motifs is 1. The van der Waals surface area contributed by atoms with Gasteiger partial charge in [-0.15, -0.1) is 0 Å². The van der Waals surface area contributed by atoms with Crippen molar-refractivity contribution in [2.45, 2.75) is 46.5 Å². The van der Waals surface area contributed by atoms with Gasteiger partial charge in [0.05, 0.1) is 17.3 Å². The van der Waals surface area contributed by atoms with Crippen LogP contribution in [0.4, 0.5) is 10.1 Å². The van der Waals surface area contributed by atoms with Crippen molar-refractivity contribution >= 4 is 22.5 Å². The quantitative estimate of drug-likeness (QED) is 0.556. The van der Waals surface area contributed by atoms with Gasteiger partial charge in [-0.2, -0.15) is 0 Å². The molecule has 1 aromatic heterocycles. The van der Waals surface area contributed by atoms with Crippen molar-refractivity contribution in [1.29, 1.82) is 0 Å². The van der Waals surface area contributed by atoms with Crippen LogP contribution in [0, 0.1) is 23.6 Å². The van der Waals surface area contributed by atoms with Crippen LogP contribution in [0.5, 0.6) is 0 Å². The van der Waals surface area contributed by atoms with E-state index in [2.05, 4.69) is 36.3 Å². The summed E-state index contributed by atoms with van der Waals surface area (Å²) in [6.45, 7) is 6.22. The summed E-state index contributed by atoms with van der Waals surface area (Å²) in [5.41, 5.74) is 2.68. The number of nitrogens with zero attached hydrogens (tertiary/aromatic N) is 1. The SMILES string of the molecule is Cc1c(NC(=O)C(C)(Cc2ccccc2)CC2(C)CC2)cnc2c(F)cccc12. The molecule has 150 valence electrons. The van der Waals surface area contributed by atoms with E-state index in [9.17, 15) is 9.18 Å². The van der Waals surface area contributed by atoms with Gasteiger partial charge in [-0.1, -0.05) is 56.3 Å².